The van der Waals surface area contributed by atoms with Crippen molar-refractivity contribution in [3.63, 3.8) is 0 Å². The SMILES string of the molecule is CC(C)c1[nH]nc(O[C@@H]2O[C@H](CO)[C@@H](O)[C@H](O)[C@H]2O)c1Cc1ccc(OCCCNC(=O)NCCN2CCOCC2)cc1. The van der Waals surface area contributed by atoms with E-state index in [1.165, 1.54) is 0 Å². The van der Waals surface area contributed by atoms with Crippen LogP contribution in [0, 0.1) is 0 Å². The summed E-state index contributed by atoms with van der Waals surface area (Å²) in [5, 5.41) is 53.0. The topological polar surface area (TPSA) is 191 Å². The van der Waals surface area contributed by atoms with Crippen molar-refractivity contribution in [2.24, 2.45) is 0 Å². The first-order chi connectivity index (χ1) is 20.8. The monoisotopic (exact) mass is 607 g/mol. The largest absolute Gasteiger partial charge is 0.494 e. The molecule has 14 nitrogen and oxygen atoms in total. The van der Waals surface area contributed by atoms with E-state index in [1.54, 1.807) is 0 Å². The molecule has 0 radical (unpaired) electrons. The maximum Gasteiger partial charge on any atom is 0.314 e. The zero-order valence-corrected chi connectivity index (χ0v) is 24.8. The van der Waals surface area contributed by atoms with Gasteiger partial charge in [0.1, 0.15) is 30.2 Å². The van der Waals surface area contributed by atoms with Crippen molar-refractivity contribution in [1.82, 2.24) is 25.7 Å². The molecule has 43 heavy (non-hydrogen) atoms. The zero-order chi connectivity index (χ0) is 30.8. The van der Waals surface area contributed by atoms with Crippen LogP contribution in [0.1, 0.15) is 43.0 Å². The van der Waals surface area contributed by atoms with Gasteiger partial charge >= 0.3 is 6.03 Å². The molecule has 7 N–H and O–H groups in total. The van der Waals surface area contributed by atoms with Crippen LogP contribution in [0.25, 0.3) is 0 Å². The Morgan fingerprint density at radius 2 is 1.81 bits per heavy atom. The minimum absolute atomic E-state index is 0.0951. The second kappa shape index (κ2) is 16.2. The van der Waals surface area contributed by atoms with Gasteiger partial charge in [0, 0.05) is 50.4 Å². The van der Waals surface area contributed by atoms with E-state index in [9.17, 15) is 25.2 Å². The molecule has 14 heteroatoms. The highest BCUT2D eigenvalue weighted by atomic mass is 16.7. The number of carbonyl (C=O) groups excluding carboxylic acids is 1. The van der Waals surface area contributed by atoms with Crippen molar-refractivity contribution < 1.29 is 44.2 Å². The van der Waals surface area contributed by atoms with E-state index in [-0.39, 0.29) is 17.8 Å². The molecule has 5 atom stereocenters. The van der Waals surface area contributed by atoms with Crippen LogP contribution < -0.4 is 20.1 Å². The van der Waals surface area contributed by atoms with Crippen molar-refractivity contribution in [3.8, 4) is 11.6 Å². The fourth-order valence-electron chi connectivity index (χ4n) is 4.97. The Morgan fingerprint density at radius 3 is 2.51 bits per heavy atom. The van der Waals surface area contributed by atoms with Gasteiger partial charge in [-0.2, -0.15) is 0 Å². The summed E-state index contributed by atoms with van der Waals surface area (Å²) in [5.74, 6) is 0.997. The van der Waals surface area contributed by atoms with E-state index >= 15 is 0 Å². The molecule has 1 aromatic carbocycles. The van der Waals surface area contributed by atoms with E-state index in [0.717, 1.165) is 49.7 Å². The molecule has 2 aliphatic heterocycles. The van der Waals surface area contributed by atoms with Gasteiger partial charge in [-0.15, -0.1) is 5.10 Å². The van der Waals surface area contributed by atoms with E-state index in [2.05, 4.69) is 25.7 Å². The normalized spacial score (nSPS) is 24.6. The van der Waals surface area contributed by atoms with Crippen molar-refractivity contribution in [2.45, 2.75) is 63.3 Å². The molecule has 4 rings (SSSR count). The first-order valence-corrected chi connectivity index (χ1v) is 14.8. The lowest BCUT2D eigenvalue weighted by Gasteiger charge is -2.39. The third-order valence-electron chi connectivity index (χ3n) is 7.51. The molecule has 0 unspecified atom stereocenters. The summed E-state index contributed by atoms with van der Waals surface area (Å²) < 4.78 is 22.5. The Morgan fingerprint density at radius 1 is 1.09 bits per heavy atom. The molecule has 0 bridgehead atoms. The average molecular weight is 608 g/mol. The van der Waals surface area contributed by atoms with Crippen LogP contribution in [0.2, 0.25) is 0 Å². The number of urea groups is 1. The highest BCUT2D eigenvalue weighted by Gasteiger charge is 2.45. The lowest BCUT2D eigenvalue weighted by Crippen LogP contribution is -2.60. The molecule has 2 fully saturated rings. The Labute approximate surface area is 251 Å². The molecule has 2 aliphatic rings. The average Bonchev–Trinajstić information content (AvgIpc) is 3.40. The summed E-state index contributed by atoms with van der Waals surface area (Å²) >= 11 is 0. The van der Waals surface area contributed by atoms with Crippen LogP contribution in [-0.4, -0.2) is 131 Å². The van der Waals surface area contributed by atoms with Gasteiger partial charge in [-0.05, 0) is 30.0 Å². The molecule has 2 amide bonds. The third-order valence-corrected chi connectivity index (χ3v) is 7.51. The molecule has 0 saturated carbocycles. The van der Waals surface area contributed by atoms with Gasteiger partial charge in [-0.3, -0.25) is 10.00 Å². The van der Waals surface area contributed by atoms with Crippen LogP contribution in [-0.2, 0) is 15.9 Å². The predicted octanol–water partition coefficient (Wildman–Crippen LogP) is -0.297. The van der Waals surface area contributed by atoms with Crippen LogP contribution in [0.3, 0.4) is 0 Å². The number of aromatic nitrogens is 2. The number of nitrogens with zero attached hydrogens (tertiary/aromatic N) is 2. The number of hydrogen-bond acceptors (Lipinski definition) is 11. The first kappa shape index (κ1) is 32.9. The lowest BCUT2D eigenvalue weighted by molar-refractivity contribution is -0.278. The molecular formula is C29H45N5O9. The second-order valence-electron chi connectivity index (χ2n) is 11.1. The van der Waals surface area contributed by atoms with E-state index in [0.29, 0.717) is 38.3 Å². The van der Waals surface area contributed by atoms with Gasteiger partial charge in [0.2, 0.25) is 12.2 Å². The highest BCUT2D eigenvalue weighted by molar-refractivity contribution is 5.73. The van der Waals surface area contributed by atoms with Crippen molar-refractivity contribution >= 4 is 6.03 Å². The molecule has 1 aromatic heterocycles. The predicted molar refractivity (Wildman–Crippen MR) is 155 cm³/mol. The van der Waals surface area contributed by atoms with Gasteiger partial charge in [-0.25, -0.2) is 4.79 Å². The molecular weight excluding hydrogens is 562 g/mol. The number of hydrogen-bond donors (Lipinski definition) is 7. The molecule has 2 aromatic rings. The number of carbonyl (C=O) groups is 1. The number of aliphatic hydroxyl groups excluding tert-OH is 4. The number of ether oxygens (including phenoxy) is 4. The minimum Gasteiger partial charge on any atom is -0.494 e. The van der Waals surface area contributed by atoms with Gasteiger partial charge in [0.05, 0.1) is 26.4 Å². The smallest absolute Gasteiger partial charge is 0.314 e. The fourth-order valence-corrected chi connectivity index (χ4v) is 4.97. The number of aliphatic hydroxyl groups is 4. The van der Waals surface area contributed by atoms with Gasteiger partial charge < -0.3 is 50.0 Å². The number of aromatic amines is 1. The maximum absolute atomic E-state index is 12.0. The zero-order valence-electron chi connectivity index (χ0n) is 24.8. The van der Waals surface area contributed by atoms with Crippen LogP contribution >= 0.6 is 0 Å². The quantitative estimate of drug-likeness (QED) is 0.140. The Balaban J connectivity index is 1.23. The lowest BCUT2D eigenvalue weighted by atomic mass is 9.98. The number of amides is 2. The van der Waals surface area contributed by atoms with Crippen LogP contribution in [0.15, 0.2) is 24.3 Å². The summed E-state index contributed by atoms with van der Waals surface area (Å²) in [6, 6.07) is 7.42. The number of rotatable bonds is 14. The van der Waals surface area contributed by atoms with E-state index in [4.69, 9.17) is 18.9 Å². The van der Waals surface area contributed by atoms with Gasteiger partial charge in [0.25, 0.3) is 0 Å². The number of nitrogens with one attached hydrogen (secondary N) is 3. The van der Waals surface area contributed by atoms with Crippen molar-refractivity contribution in [3.05, 3.63) is 41.1 Å². The number of benzene rings is 1. The van der Waals surface area contributed by atoms with Crippen LogP contribution in [0.4, 0.5) is 4.79 Å². The van der Waals surface area contributed by atoms with Gasteiger partial charge in [-0.1, -0.05) is 26.0 Å². The second-order valence-corrected chi connectivity index (χ2v) is 11.1. The summed E-state index contributed by atoms with van der Waals surface area (Å²) in [4.78, 5) is 14.2. The minimum atomic E-state index is -1.55. The summed E-state index contributed by atoms with van der Waals surface area (Å²) in [7, 11) is 0. The molecule has 0 aliphatic carbocycles. The first-order valence-electron chi connectivity index (χ1n) is 14.8. The number of morpholine rings is 1. The summed E-state index contributed by atoms with van der Waals surface area (Å²) in [6.45, 7) is 9.08. The Hall–Kier alpha value is -2.98. The molecule has 240 valence electrons. The standard InChI is InChI=1S/C29H45N5O9/c1-18(2)23-21(27(33-32-23)43-28-26(38)25(37)24(36)22(17-35)42-28)16-19-4-6-20(7-5-19)41-13-3-8-30-29(39)31-9-10-34-11-14-40-15-12-34/h4-7,18,22,24-26,28,35-38H,3,8-17H2,1-2H3,(H,32,33)(H2,30,31,39)/t22-,24-,25+,26-,28+/m1/s1. The van der Waals surface area contributed by atoms with Crippen molar-refractivity contribution in [2.75, 3.05) is 59.2 Å². The van der Waals surface area contributed by atoms with Gasteiger partial charge in [0.15, 0.2) is 0 Å². The molecule has 0 spiro atoms. The molecule has 2 saturated heterocycles. The Bertz CT molecular complexity index is 1120. The fraction of sp³-hybridized carbons (Fsp3) is 0.655. The highest BCUT2D eigenvalue weighted by Crippen LogP contribution is 2.31. The van der Waals surface area contributed by atoms with E-state index < -0.39 is 37.3 Å². The third kappa shape index (κ3) is 9.25. The summed E-state index contributed by atoms with van der Waals surface area (Å²) in [6.07, 6.45) is -5.85. The Kier molecular flexibility index (Phi) is 12.4. The maximum atomic E-state index is 12.0. The molecule has 3 heterocycles. The summed E-state index contributed by atoms with van der Waals surface area (Å²) in [5.41, 5.74) is 2.57. The van der Waals surface area contributed by atoms with E-state index in [1.807, 2.05) is 38.1 Å². The van der Waals surface area contributed by atoms with Crippen molar-refractivity contribution in [1.29, 1.82) is 0 Å². The van der Waals surface area contributed by atoms with Crippen LogP contribution in [0.5, 0.6) is 11.6 Å². The number of H-pyrrole nitrogens is 1.